The van der Waals surface area contributed by atoms with Crippen molar-refractivity contribution in [1.82, 2.24) is 9.97 Å². The zero-order valence-corrected chi connectivity index (χ0v) is 10.8. The minimum atomic E-state index is 0.883. The Bertz CT molecular complexity index is 627. The third-order valence-electron chi connectivity index (χ3n) is 3.79. The van der Waals surface area contributed by atoms with Gasteiger partial charge in [-0.25, -0.2) is 0 Å². The third-order valence-corrected chi connectivity index (χ3v) is 3.79. The van der Waals surface area contributed by atoms with Crippen molar-refractivity contribution in [2.45, 2.75) is 34.1 Å². The average molecular weight is 224 g/mol. The van der Waals surface area contributed by atoms with Crippen molar-refractivity contribution < 1.29 is 0 Å². The molecule has 2 heterocycles. The minimum Gasteiger partial charge on any atom is -0.257 e. The van der Waals surface area contributed by atoms with Crippen LogP contribution < -0.4 is 0 Å². The first kappa shape index (κ1) is 10.5. The average Bonchev–Trinajstić information content (AvgIpc) is 2.63. The van der Waals surface area contributed by atoms with Crippen LogP contribution in [0.25, 0.3) is 11.1 Å². The zero-order valence-electron chi connectivity index (χ0n) is 10.8. The number of aryl methyl sites for hydroxylation is 2. The summed E-state index contributed by atoms with van der Waals surface area (Å²) in [6.07, 6.45) is 0.883. The number of hydrogen-bond acceptors (Lipinski definition) is 2. The maximum atomic E-state index is 4.72. The standard InChI is InChI=1S/C15H16N2/c1-8-5-6-12-13(16-8)7-14-15(12)10(3)9(2)11(4)17-14/h5-6H,7H2,1-4H3. The van der Waals surface area contributed by atoms with Crippen LogP contribution in [0.2, 0.25) is 0 Å². The molecule has 0 spiro atoms. The van der Waals surface area contributed by atoms with Gasteiger partial charge in [0, 0.05) is 28.9 Å². The molecular weight excluding hydrogens is 208 g/mol. The van der Waals surface area contributed by atoms with Crippen molar-refractivity contribution in [2.75, 3.05) is 0 Å². The SMILES string of the molecule is Cc1ccc2c(n1)Cc1nc(C)c(C)c(C)c1-2. The first-order chi connectivity index (χ1) is 8.08. The number of aromatic nitrogens is 2. The summed E-state index contributed by atoms with van der Waals surface area (Å²) in [5.74, 6) is 0. The van der Waals surface area contributed by atoms with E-state index in [0.717, 1.165) is 17.8 Å². The van der Waals surface area contributed by atoms with Gasteiger partial charge in [-0.2, -0.15) is 0 Å². The quantitative estimate of drug-likeness (QED) is 0.585. The summed E-state index contributed by atoms with van der Waals surface area (Å²) in [5, 5.41) is 0. The van der Waals surface area contributed by atoms with Crippen LogP contribution in [0.15, 0.2) is 12.1 Å². The highest BCUT2D eigenvalue weighted by molar-refractivity contribution is 5.77. The molecule has 17 heavy (non-hydrogen) atoms. The topological polar surface area (TPSA) is 25.8 Å². The molecule has 0 atom stereocenters. The lowest BCUT2D eigenvalue weighted by atomic mass is 9.99. The van der Waals surface area contributed by atoms with Gasteiger partial charge in [-0.15, -0.1) is 0 Å². The molecule has 0 fully saturated rings. The minimum absolute atomic E-state index is 0.883. The number of nitrogens with zero attached hydrogens (tertiary/aromatic N) is 2. The summed E-state index contributed by atoms with van der Waals surface area (Å²) in [4.78, 5) is 9.35. The predicted octanol–water partition coefficient (Wildman–Crippen LogP) is 3.28. The number of rotatable bonds is 0. The molecule has 1 aliphatic carbocycles. The van der Waals surface area contributed by atoms with E-state index in [1.165, 1.54) is 33.6 Å². The second-order valence-corrected chi connectivity index (χ2v) is 4.89. The van der Waals surface area contributed by atoms with Crippen LogP contribution in [0.4, 0.5) is 0 Å². The summed E-state index contributed by atoms with van der Waals surface area (Å²) >= 11 is 0. The lowest BCUT2D eigenvalue weighted by Gasteiger charge is -2.10. The number of pyridine rings is 2. The fourth-order valence-corrected chi connectivity index (χ4v) is 2.63. The second-order valence-electron chi connectivity index (χ2n) is 4.89. The van der Waals surface area contributed by atoms with Crippen molar-refractivity contribution in [1.29, 1.82) is 0 Å². The van der Waals surface area contributed by atoms with Gasteiger partial charge in [-0.3, -0.25) is 9.97 Å². The summed E-state index contributed by atoms with van der Waals surface area (Å²) in [5.41, 5.74) is 9.86. The summed E-state index contributed by atoms with van der Waals surface area (Å²) < 4.78 is 0. The summed E-state index contributed by atoms with van der Waals surface area (Å²) in [6, 6.07) is 4.27. The molecule has 2 nitrogen and oxygen atoms in total. The highest BCUT2D eigenvalue weighted by Crippen LogP contribution is 2.38. The zero-order chi connectivity index (χ0) is 12.2. The lowest BCUT2D eigenvalue weighted by molar-refractivity contribution is 1.00. The molecule has 0 saturated heterocycles. The molecule has 0 aliphatic heterocycles. The Morgan fingerprint density at radius 3 is 2.41 bits per heavy atom. The largest absolute Gasteiger partial charge is 0.257 e. The molecule has 2 aromatic heterocycles. The summed E-state index contributed by atoms with van der Waals surface area (Å²) in [6.45, 7) is 8.47. The van der Waals surface area contributed by atoms with Crippen LogP contribution in [-0.2, 0) is 6.42 Å². The molecular formula is C15H16N2. The molecule has 2 heteroatoms. The molecule has 0 amide bonds. The van der Waals surface area contributed by atoms with Crippen LogP contribution >= 0.6 is 0 Å². The van der Waals surface area contributed by atoms with Crippen LogP contribution in [0.5, 0.6) is 0 Å². The van der Waals surface area contributed by atoms with Gasteiger partial charge in [0.25, 0.3) is 0 Å². The predicted molar refractivity (Wildman–Crippen MR) is 69.2 cm³/mol. The highest BCUT2D eigenvalue weighted by atomic mass is 14.8. The van der Waals surface area contributed by atoms with Crippen molar-refractivity contribution in [3.63, 3.8) is 0 Å². The van der Waals surface area contributed by atoms with E-state index in [-0.39, 0.29) is 0 Å². The third kappa shape index (κ3) is 1.40. The molecule has 0 unspecified atom stereocenters. The van der Waals surface area contributed by atoms with Crippen molar-refractivity contribution in [3.05, 3.63) is 46.0 Å². The number of hydrogen-bond donors (Lipinski definition) is 0. The second kappa shape index (κ2) is 3.39. The van der Waals surface area contributed by atoms with E-state index in [1.54, 1.807) is 0 Å². The Hall–Kier alpha value is -1.70. The van der Waals surface area contributed by atoms with Crippen molar-refractivity contribution >= 4 is 0 Å². The molecule has 0 radical (unpaired) electrons. The fraction of sp³-hybridized carbons (Fsp3) is 0.333. The molecule has 1 aliphatic rings. The molecule has 86 valence electrons. The van der Waals surface area contributed by atoms with Gasteiger partial charge in [-0.05, 0) is 44.9 Å². The van der Waals surface area contributed by atoms with Gasteiger partial charge in [0.15, 0.2) is 0 Å². The molecule has 2 aromatic rings. The van der Waals surface area contributed by atoms with Gasteiger partial charge >= 0.3 is 0 Å². The summed E-state index contributed by atoms with van der Waals surface area (Å²) in [7, 11) is 0. The Kier molecular flexibility index (Phi) is 2.09. The van der Waals surface area contributed by atoms with E-state index in [9.17, 15) is 0 Å². The van der Waals surface area contributed by atoms with E-state index in [4.69, 9.17) is 4.98 Å². The van der Waals surface area contributed by atoms with Crippen molar-refractivity contribution in [2.24, 2.45) is 0 Å². The molecule has 0 saturated carbocycles. The molecule has 0 bridgehead atoms. The maximum Gasteiger partial charge on any atom is 0.0548 e. The van der Waals surface area contributed by atoms with Gasteiger partial charge in [0.05, 0.1) is 11.4 Å². The van der Waals surface area contributed by atoms with E-state index in [2.05, 4.69) is 37.9 Å². The Balaban J connectivity index is 2.32. The highest BCUT2D eigenvalue weighted by Gasteiger charge is 2.24. The van der Waals surface area contributed by atoms with Crippen LogP contribution in [0.1, 0.15) is 33.9 Å². The van der Waals surface area contributed by atoms with E-state index in [0.29, 0.717) is 0 Å². The normalized spacial score (nSPS) is 12.5. The van der Waals surface area contributed by atoms with Crippen LogP contribution in [-0.4, -0.2) is 9.97 Å². The van der Waals surface area contributed by atoms with Crippen molar-refractivity contribution in [3.8, 4) is 11.1 Å². The fourth-order valence-electron chi connectivity index (χ4n) is 2.63. The van der Waals surface area contributed by atoms with Gasteiger partial charge in [-0.1, -0.05) is 6.07 Å². The smallest absolute Gasteiger partial charge is 0.0548 e. The molecule has 0 aromatic carbocycles. The number of fused-ring (bicyclic) bond motifs is 3. The Labute approximate surface area is 102 Å². The Morgan fingerprint density at radius 2 is 1.65 bits per heavy atom. The van der Waals surface area contributed by atoms with E-state index < -0.39 is 0 Å². The molecule has 3 rings (SSSR count). The lowest BCUT2D eigenvalue weighted by Crippen LogP contribution is -1.97. The maximum absolute atomic E-state index is 4.72. The first-order valence-electron chi connectivity index (χ1n) is 6.01. The van der Waals surface area contributed by atoms with Crippen LogP contribution in [0.3, 0.4) is 0 Å². The van der Waals surface area contributed by atoms with E-state index >= 15 is 0 Å². The first-order valence-corrected chi connectivity index (χ1v) is 6.01. The van der Waals surface area contributed by atoms with Gasteiger partial charge in [0.1, 0.15) is 0 Å². The monoisotopic (exact) mass is 224 g/mol. The molecule has 0 N–H and O–H groups in total. The Morgan fingerprint density at radius 1 is 0.882 bits per heavy atom. The van der Waals surface area contributed by atoms with Crippen LogP contribution in [0, 0.1) is 27.7 Å². The van der Waals surface area contributed by atoms with E-state index in [1.807, 2.05) is 6.92 Å². The van der Waals surface area contributed by atoms with Gasteiger partial charge in [0.2, 0.25) is 0 Å². The van der Waals surface area contributed by atoms with Gasteiger partial charge < -0.3 is 0 Å².